The molecule has 0 atom stereocenters. The van der Waals surface area contributed by atoms with E-state index in [1.165, 1.54) is 0 Å². The number of nitrogens with zero attached hydrogens (tertiary/aromatic N) is 5. The summed E-state index contributed by atoms with van der Waals surface area (Å²) in [4.78, 5) is 25.7. The number of carbonyl (C=O) groups excluding carboxylic acids is 1. The minimum Gasteiger partial charge on any atom is -0.461 e. The SMILES string of the molecule is CC(=O)N1CCC(Oc2nc3cc(Cl)c(-c4ccc(N5CCOCC5)cc4)nc3n2COCC[Si](C)(C)C)CC1. The molecule has 4 heterocycles. The van der Waals surface area contributed by atoms with E-state index in [0.717, 1.165) is 56.4 Å². The summed E-state index contributed by atoms with van der Waals surface area (Å²) in [5.41, 5.74) is 4.16. The Morgan fingerprint density at radius 3 is 2.42 bits per heavy atom. The molecule has 2 aliphatic heterocycles. The van der Waals surface area contributed by atoms with Gasteiger partial charge < -0.3 is 24.0 Å². The quantitative estimate of drug-likeness (QED) is 0.249. The summed E-state index contributed by atoms with van der Waals surface area (Å²) in [7, 11) is -1.23. The normalized spacial score (nSPS) is 17.0. The Bertz CT molecular complexity index is 1310. The number of halogens is 1. The number of rotatable bonds is 9. The average molecular weight is 586 g/mol. The van der Waals surface area contributed by atoms with Crippen molar-refractivity contribution in [3.05, 3.63) is 35.4 Å². The molecule has 3 aromatic rings. The van der Waals surface area contributed by atoms with Gasteiger partial charge in [-0.2, -0.15) is 4.98 Å². The fraction of sp³-hybridized carbons (Fsp3) is 0.552. The summed E-state index contributed by atoms with van der Waals surface area (Å²) in [5.74, 6) is 0.103. The molecule has 0 radical (unpaired) electrons. The number of fused-ring (bicyclic) bond motifs is 1. The van der Waals surface area contributed by atoms with Crippen LogP contribution >= 0.6 is 11.6 Å². The highest BCUT2D eigenvalue weighted by Gasteiger charge is 2.25. The van der Waals surface area contributed by atoms with Gasteiger partial charge in [0.1, 0.15) is 18.4 Å². The predicted octanol–water partition coefficient (Wildman–Crippen LogP) is 5.29. The molecule has 2 fully saturated rings. The van der Waals surface area contributed by atoms with Crippen molar-refractivity contribution in [2.45, 2.75) is 58.3 Å². The zero-order valence-electron chi connectivity index (χ0n) is 24.0. The first-order valence-electron chi connectivity index (χ1n) is 14.2. The highest BCUT2D eigenvalue weighted by atomic mass is 35.5. The summed E-state index contributed by atoms with van der Waals surface area (Å²) in [6, 6.07) is 11.8. The molecular weight excluding hydrogens is 546 g/mol. The molecule has 0 saturated carbocycles. The molecule has 2 aromatic heterocycles. The van der Waals surface area contributed by atoms with Crippen molar-refractivity contribution >= 4 is 42.4 Å². The van der Waals surface area contributed by atoms with Gasteiger partial charge in [-0.15, -0.1) is 0 Å². The van der Waals surface area contributed by atoms with Gasteiger partial charge in [0, 0.05) is 71.9 Å². The lowest BCUT2D eigenvalue weighted by Gasteiger charge is -2.31. The lowest BCUT2D eigenvalue weighted by Crippen LogP contribution is -2.40. The van der Waals surface area contributed by atoms with E-state index >= 15 is 0 Å². The molecular formula is C29H40ClN5O4Si. The van der Waals surface area contributed by atoms with Gasteiger partial charge in [-0.1, -0.05) is 43.4 Å². The number of hydrogen-bond acceptors (Lipinski definition) is 7. The van der Waals surface area contributed by atoms with Crippen molar-refractivity contribution in [1.82, 2.24) is 19.4 Å². The van der Waals surface area contributed by atoms with E-state index in [0.29, 0.717) is 54.3 Å². The summed E-state index contributed by atoms with van der Waals surface area (Å²) < 4.78 is 19.9. The van der Waals surface area contributed by atoms with Crippen molar-refractivity contribution in [3.63, 3.8) is 0 Å². The topological polar surface area (TPSA) is 82.0 Å². The van der Waals surface area contributed by atoms with Crippen molar-refractivity contribution in [1.29, 1.82) is 0 Å². The summed E-state index contributed by atoms with van der Waals surface area (Å²) >= 11 is 6.76. The van der Waals surface area contributed by atoms with E-state index in [1.807, 2.05) is 15.5 Å². The number of benzene rings is 1. The third kappa shape index (κ3) is 6.97. The highest BCUT2D eigenvalue weighted by molar-refractivity contribution is 6.76. The van der Waals surface area contributed by atoms with Crippen molar-refractivity contribution in [2.24, 2.45) is 0 Å². The number of likely N-dealkylation sites (tertiary alicyclic amines) is 1. The number of aromatic nitrogens is 3. The first kappa shape index (κ1) is 28.9. The number of anilines is 1. The first-order chi connectivity index (χ1) is 19.2. The molecule has 0 N–H and O–H groups in total. The number of piperidine rings is 1. The van der Waals surface area contributed by atoms with Crippen LogP contribution < -0.4 is 9.64 Å². The highest BCUT2D eigenvalue weighted by Crippen LogP contribution is 2.33. The van der Waals surface area contributed by atoms with E-state index < -0.39 is 8.07 Å². The monoisotopic (exact) mass is 585 g/mol. The Hall–Kier alpha value is -2.66. The van der Waals surface area contributed by atoms with Gasteiger partial charge >= 0.3 is 6.01 Å². The zero-order valence-corrected chi connectivity index (χ0v) is 25.7. The minimum absolute atomic E-state index is 0.0316. The van der Waals surface area contributed by atoms with Crippen LogP contribution in [-0.2, 0) is 21.0 Å². The number of hydrogen-bond donors (Lipinski definition) is 0. The largest absolute Gasteiger partial charge is 0.461 e. The zero-order chi connectivity index (χ0) is 28.3. The van der Waals surface area contributed by atoms with E-state index in [-0.39, 0.29) is 12.0 Å². The van der Waals surface area contributed by atoms with Crippen LogP contribution in [0.5, 0.6) is 6.01 Å². The van der Waals surface area contributed by atoms with Crippen molar-refractivity contribution in [3.8, 4) is 17.3 Å². The van der Waals surface area contributed by atoms with Crippen LogP contribution in [0.3, 0.4) is 0 Å². The number of ether oxygens (including phenoxy) is 3. The third-order valence-corrected chi connectivity index (χ3v) is 9.52. The molecule has 0 spiro atoms. The second kappa shape index (κ2) is 12.5. The van der Waals surface area contributed by atoms with Crippen LogP contribution in [0.1, 0.15) is 19.8 Å². The van der Waals surface area contributed by atoms with Crippen molar-refractivity contribution in [2.75, 3.05) is 50.9 Å². The second-order valence-electron chi connectivity index (χ2n) is 11.8. The Labute approximate surface area is 242 Å². The predicted molar refractivity (Wildman–Crippen MR) is 161 cm³/mol. The molecule has 216 valence electrons. The molecule has 9 nitrogen and oxygen atoms in total. The van der Waals surface area contributed by atoms with Crippen LogP contribution in [0, 0.1) is 0 Å². The van der Waals surface area contributed by atoms with Crippen LogP contribution in [0.2, 0.25) is 30.7 Å². The lowest BCUT2D eigenvalue weighted by molar-refractivity contribution is -0.130. The number of carbonyl (C=O) groups is 1. The van der Waals surface area contributed by atoms with Gasteiger partial charge in [-0.25, -0.2) is 4.98 Å². The fourth-order valence-corrected chi connectivity index (χ4v) is 6.05. The van der Waals surface area contributed by atoms with E-state index in [2.05, 4.69) is 48.8 Å². The number of amides is 1. The Kier molecular flexibility index (Phi) is 8.99. The molecule has 0 aliphatic carbocycles. The van der Waals surface area contributed by atoms with E-state index in [1.54, 1.807) is 6.92 Å². The minimum atomic E-state index is -1.23. The Morgan fingerprint density at radius 1 is 1.07 bits per heavy atom. The Balaban J connectivity index is 1.41. The van der Waals surface area contributed by atoms with E-state index in [9.17, 15) is 4.79 Å². The van der Waals surface area contributed by atoms with Gasteiger partial charge in [0.05, 0.1) is 23.9 Å². The molecule has 2 aliphatic rings. The van der Waals surface area contributed by atoms with E-state index in [4.69, 9.17) is 35.8 Å². The maximum atomic E-state index is 11.8. The number of imidazole rings is 1. The molecule has 1 amide bonds. The summed E-state index contributed by atoms with van der Waals surface area (Å²) in [6.07, 6.45) is 1.48. The van der Waals surface area contributed by atoms with Crippen molar-refractivity contribution < 1.29 is 19.0 Å². The van der Waals surface area contributed by atoms with Gasteiger partial charge in [0.15, 0.2) is 5.65 Å². The molecule has 2 saturated heterocycles. The number of morpholine rings is 1. The summed E-state index contributed by atoms with van der Waals surface area (Å²) in [6.45, 7) is 14.2. The molecule has 0 unspecified atom stereocenters. The Morgan fingerprint density at radius 2 is 1.77 bits per heavy atom. The standard InChI is InChI=1S/C29H40ClN5O4Si/c1-21(36)33-11-9-24(10-12-33)39-29-31-26-19-25(30)27(32-28(26)35(29)20-38-17-18-40(2,3)4)22-5-7-23(8-6-22)34-13-15-37-16-14-34/h5-8,19,24H,9-18,20H2,1-4H3. The first-order valence-corrected chi connectivity index (χ1v) is 18.3. The molecule has 5 rings (SSSR count). The molecule has 0 bridgehead atoms. The van der Waals surface area contributed by atoms with Gasteiger partial charge in [-0.3, -0.25) is 9.36 Å². The maximum absolute atomic E-state index is 11.8. The fourth-order valence-electron chi connectivity index (χ4n) is 5.04. The smallest absolute Gasteiger partial charge is 0.300 e. The third-order valence-electron chi connectivity index (χ3n) is 7.53. The van der Waals surface area contributed by atoms with Crippen LogP contribution in [0.15, 0.2) is 30.3 Å². The molecule has 11 heteroatoms. The summed E-state index contributed by atoms with van der Waals surface area (Å²) in [5, 5.41) is 0.539. The van der Waals surface area contributed by atoms with Crippen LogP contribution in [0.25, 0.3) is 22.4 Å². The van der Waals surface area contributed by atoms with Gasteiger partial charge in [-0.05, 0) is 24.2 Å². The average Bonchev–Trinajstić information content (AvgIpc) is 3.26. The van der Waals surface area contributed by atoms with Gasteiger partial charge in [0.2, 0.25) is 5.91 Å². The second-order valence-corrected chi connectivity index (χ2v) is 17.8. The number of pyridine rings is 1. The molecule has 1 aromatic carbocycles. The van der Waals surface area contributed by atoms with Crippen LogP contribution in [-0.4, -0.2) is 85.5 Å². The van der Waals surface area contributed by atoms with Gasteiger partial charge in [0.25, 0.3) is 0 Å². The molecule has 40 heavy (non-hydrogen) atoms. The maximum Gasteiger partial charge on any atom is 0.300 e. The van der Waals surface area contributed by atoms with Crippen LogP contribution in [0.4, 0.5) is 5.69 Å². The lowest BCUT2D eigenvalue weighted by atomic mass is 10.1.